The molecule has 114 valence electrons. The maximum absolute atomic E-state index is 12.0. The van der Waals surface area contributed by atoms with Crippen LogP contribution in [0.4, 0.5) is 0 Å². The fraction of sp³-hybridized carbons (Fsp3) is 0.562. The van der Waals surface area contributed by atoms with Gasteiger partial charge < -0.3 is 10.2 Å². The number of benzene rings is 1. The van der Waals surface area contributed by atoms with Crippen molar-refractivity contribution in [3.8, 4) is 0 Å². The Bertz CT molecular complexity index is 525. The van der Waals surface area contributed by atoms with Crippen molar-refractivity contribution in [1.82, 2.24) is 10.2 Å². The number of rotatable bonds is 4. The molecule has 1 aliphatic carbocycles. The first kappa shape index (κ1) is 15.3. The molecule has 2 aliphatic rings. The Labute approximate surface area is 139 Å². The molecular formula is C16H20BrClN2O. The third-order valence-corrected chi connectivity index (χ3v) is 5.30. The standard InChI is InChI=1S/C16H20BrClN2O/c17-15-9-13(18)4-3-12(15)10-19-14-5-7-20(8-6-14)16(21)11-1-2-11/h3-4,9,11,14,19H,1-2,5-8,10H2. The van der Waals surface area contributed by atoms with Gasteiger partial charge in [0.25, 0.3) is 0 Å². The summed E-state index contributed by atoms with van der Waals surface area (Å²) in [5.41, 5.74) is 1.22. The van der Waals surface area contributed by atoms with Crippen molar-refractivity contribution < 1.29 is 4.79 Å². The molecule has 1 aliphatic heterocycles. The molecule has 1 N–H and O–H groups in total. The highest BCUT2D eigenvalue weighted by atomic mass is 79.9. The summed E-state index contributed by atoms with van der Waals surface area (Å²) in [7, 11) is 0. The number of hydrogen-bond acceptors (Lipinski definition) is 2. The average Bonchev–Trinajstić information content (AvgIpc) is 3.31. The Morgan fingerprint density at radius 3 is 2.62 bits per heavy atom. The molecule has 0 bridgehead atoms. The highest BCUT2D eigenvalue weighted by Gasteiger charge is 2.34. The van der Waals surface area contributed by atoms with E-state index in [0.717, 1.165) is 54.8 Å². The molecule has 0 spiro atoms. The van der Waals surface area contributed by atoms with Crippen molar-refractivity contribution in [3.05, 3.63) is 33.3 Å². The van der Waals surface area contributed by atoms with E-state index in [2.05, 4.69) is 21.2 Å². The van der Waals surface area contributed by atoms with Gasteiger partial charge in [0.1, 0.15) is 0 Å². The van der Waals surface area contributed by atoms with Crippen molar-refractivity contribution >= 4 is 33.4 Å². The normalized spacial score (nSPS) is 19.8. The van der Waals surface area contributed by atoms with Crippen LogP contribution in [-0.2, 0) is 11.3 Å². The Morgan fingerprint density at radius 2 is 2.00 bits per heavy atom. The zero-order valence-electron chi connectivity index (χ0n) is 11.9. The summed E-state index contributed by atoms with van der Waals surface area (Å²) in [6.07, 6.45) is 4.29. The number of halogens is 2. The number of nitrogens with zero attached hydrogens (tertiary/aromatic N) is 1. The van der Waals surface area contributed by atoms with Gasteiger partial charge in [-0.3, -0.25) is 4.79 Å². The molecule has 1 saturated heterocycles. The predicted octanol–water partition coefficient (Wildman–Crippen LogP) is 3.59. The Kier molecular flexibility index (Phi) is 4.87. The zero-order valence-corrected chi connectivity index (χ0v) is 14.3. The van der Waals surface area contributed by atoms with E-state index in [1.165, 1.54) is 5.56 Å². The van der Waals surface area contributed by atoms with Crippen molar-refractivity contribution in [2.24, 2.45) is 5.92 Å². The minimum atomic E-state index is 0.347. The molecule has 1 heterocycles. The van der Waals surface area contributed by atoms with Crippen LogP contribution in [0.1, 0.15) is 31.2 Å². The smallest absolute Gasteiger partial charge is 0.225 e. The number of carbonyl (C=O) groups is 1. The molecule has 1 aromatic rings. The molecule has 0 unspecified atom stereocenters. The van der Waals surface area contributed by atoms with E-state index >= 15 is 0 Å². The summed E-state index contributed by atoms with van der Waals surface area (Å²) >= 11 is 9.50. The Morgan fingerprint density at radius 1 is 1.29 bits per heavy atom. The minimum absolute atomic E-state index is 0.347. The molecule has 5 heteroatoms. The maximum Gasteiger partial charge on any atom is 0.225 e. The highest BCUT2D eigenvalue weighted by Crippen LogP contribution is 2.32. The van der Waals surface area contributed by atoms with Gasteiger partial charge in [0.05, 0.1) is 0 Å². The van der Waals surface area contributed by atoms with Gasteiger partial charge >= 0.3 is 0 Å². The van der Waals surface area contributed by atoms with Crippen LogP contribution in [0.15, 0.2) is 22.7 Å². The van der Waals surface area contributed by atoms with Gasteiger partial charge in [-0.25, -0.2) is 0 Å². The second kappa shape index (κ2) is 6.67. The highest BCUT2D eigenvalue weighted by molar-refractivity contribution is 9.10. The van der Waals surface area contributed by atoms with Crippen LogP contribution in [0.25, 0.3) is 0 Å². The number of amides is 1. The first-order valence-corrected chi connectivity index (χ1v) is 8.76. The number of nitrogens with one attached hydrogen (secondary N) is 1. The maximum atomic E-state index is 12.0. The number of piperidine rings is 1. The molecule has 3 rings (SSSR count). The van der Waals surface area contributed by atoms with Crippen LogP contribution < -0.4 is 5.32 Å². The summed E-state index contributed by atoms with van der Waals surface area (Å²) in [6, 6.07) is 6.39. The van der Waals surface area contributed by atoms with E-state index in [1.54, 1.807) is 0 Å². The quantitative estimate of drug-likeness (QED) is 0.877. The Balaban J connectivity index is 1.45. The lowest BCUT2D eigenvalue weighted by Crippen LogP contribution is -2.45. The van der Waals surface area contributed by atoms with E-state index in [0.29, 0.717) is 17.9 Å². The van der Waals surface area contributed by atoms with Crippen LogP contribution >= 0.6 is 27.5 Å². The van der Waals surface area contributed by atoms with Gasteiger partial charge in [0.2, 0.25) is 5.91 Å². The van der Waals surface area contributed by atoms with Gasteiger partial charge in [-0.15, -0.1) is 0 Å². The summed E-state index contributed by atoms with van der Waals surface area (Å²) in [6.45, 7) is 2.63. The van der Waals surface area contributed by atoms with E-state index in [9.17, 15) is 4.79 Å². The lowest BCUT2D eigenvalue weighted by Gasteiger charge is -2.32. The lowest BCUT2D eigenvalue weighted by atomic mass is 10.0. The number of likely N-dealkylation sites (tertiary alicyclic amines) is 1. The second-order valence-corrected chi connectivity index (χ2v) is 7.28. The van der Waals surface area contributed by atoms with Gasteiger partial charge in [0.15, 0.2) is 0 Å². The second-order valence-electron chi connectivity index (χ2n) is 5.99. The summed E-state index contributed by atoms with van der Waals surface area (Å²) < 4.78 is 1.05. The van der Waals surface area contributed by atoms with Crippen LogP contribution in [0, 0.1) is 5.92 Å². The van der Waals surface area contributed by atoms with Crippen molar-refractivity contribution in [3.63, 3.8) is 0 Å². The van der Waals surface area contributed by atoms with Gasteiger partial charge in [-0.05, 0) is 43.4 Å². The third kappa shape index (κ3) is 3.99. The summed E-state index contributed by atoms with van der Waals surface area (Å²) in [5, 5.41) is 4.34. The van der Waals surface area contributed by atoms with Gasteiger partial charge in [-0.2, -0.15) is 0 Å². The SMILES string of the molecule is O=C(C1CC1)N1CCC(NCc2ccc(Cl)cc2Br)CC1. The molecular weight excluding hydrogens is 352 g/mol. The predicted molar refractivity (Wildman–Crippen MR) is 88.3 cm³/mol. The summed E-state index contributed by atoms with van der Waals surface area (Å²) in [4.78, 5) is 14.1. The third-order valence-electron chi connectivity index (χ3n) is 4.33. The monoisotopic (exact) mass is 370 g/mol. The van der Waals surface area contributed by atoms with Gasteiger partial charge in [0, 0.05) is 41.1 Å². The van der Waals surface area contributed by atoms with Crippen LogP contribution in [-0.4, -0.2) is 29.9 Å². The first-order chi connectivity index (χ1) is 10.1. The van der Waals surface area contributed by atoms with Crippen molar-refractivity contribution in [1.29, 1.82) is 0 Å². The number of carbonyl (C=O) groups excluding carboxylic acids is 1. The average molecular weight is 372 g/mol. The molecule has 1 aromatic carbocycles. The first-order valence-electron chi connectivity index (χ1n) is 7.59. The molecule has 0 radical (unpaired) electrons. The summed E-state index contributed by atoms with van der Waals surface area (Å²) in [5.74, 6) is 0.730. The molecule has 1 saturated carbocycles. The molecule has 3 nitrogen and oxygen atoms in total. The van der Waals surface area contributed by atoms with Crippen molar-refractivity contribution in [2.75, 3.05) is 13.1 Å². The Hall–Kier alpha value is -0.580. The van der Waals surface area contributed by atoms with Gasteiger partial charge in [-0.1, -0.05) is 33.6 Å². The molecule has 21 heavy (non-hydrogen) atoms. The number of hydrogen-bond donors (Lipinski definition) is 1. The fourth-order valence-corrected chi connectivity index (χ4v) is 3.63. The largest absolute Gasteiger partial charge is 0.342 e. The topological polar surface area (TPSA) is 32.3 Å². The molecule has 0 atom stereocenters. The van der Waals surface area contributed by atoms with Crippen LogP contribution in [0.5, 0.6) is 0 Å². The van der Waals surface area contributed by atoms with E-state index in [4.69, 9.17) is 11.6 Å². The molecule has 2 fully saturated rings. The fourth-order valence-electron chi connectivity index (χ4n) is 2.81. The molecule has 0 aromatic heterocycles. The molecule has 1 amide bonds. The van der Waals surface area contributed by atoms with Crippen molar-refractivity contribution in [2.45, 2.75) is 38.3 Å². The van der Waals surface area contributed by atoms with E-state index in [-0.39, 0.29) is 0 Å². The zero-order chi connectivity index (χ0) is 14.8. The van der Waals surface area contributed by atoms with E-state index < -0.39 is 0 Å². The lowest BCUT2D eigenvalue weighted by molar-refractivity contribution is -0.133. The van der Waals surface area contributed by atoms with Crippen LogP contribution in [0.3, 0.4) is 0 Å². The minimum Gasteiger partial charge on any atom is -0.342 e. The van der Waals surface area contributed by atoms with Crippen LogP contribution in [0.2, 0.25) is 5.02 Å². The van der Waals surface area contributed by atoms with E-state index in [1.807, 2.05) is 23.1 Å².